The smallest absolute Gasteiger partial charge is 0.230 e. The molecule has 0 N–H and O–H groups in total. The van der Waals surface area contributed by atoms with Gasteiger partial charge in [-0.1, -0.05) is 43.3 Å². The Bertz CT molecular complexity index is 904. The van der Waals surface area contributed by atoms with Crippen molar-refractivity contribution in [2.24, 2.45) is 0 Å². The lowest BCUT2D eigenvalue weighted by molar-refractivity contribution is -0.115. The molecule has 0 spiro atoms. The van der Waals surface area contributed by atoms with E-state index in [1.807, 2.05) is 23.6 Å². The highest BCUT2D eigenvalue weighted by atomic mass is 32.2. The van der Waals surface area contributed by atoms with E-state index < -0.39 is 0 Å². The maximum Gasteiger partial charge on any atom is 0.230 e. The molecule has 0 saturated carbocycles. The molecule has 1 heterocycles. The normalized spacial score (nSPS) is 10.7. The Morgan fingerprint density at radius 1 is 1.15 bits per heavy atom. The molecule has 0 saturated heterocycles. The van der Waals surface area contributed by atoms with Crippen molar-refractivity contribution in [3.05, 3.63) is 70.7 Å². The van der Waals surface area contributed by atoms with E-state index in [9.17, 15) is 4.79 Å². The van der Waals surface area contributed by atoms with E-state index in [0.29, 0.717) is 0 Å². The van der Waals surface area contributed by atoms with Gasteiger partial charge >= 0.3 is 0 Å². The predicted octanol–water partition coefficient (Wildman–Crippen LogP) is 5.99. The summed E-state index contributed by atoms with van der Waals surface area (Å²) in [4.78, 5) is 20.1. The number of rotatable bonds is 6. The Kier molecular flexibility index (Phi) is 6.12. The van der Waals surface area contributed by atoms with Crippen molar-refractivity contribution in [3.63, 3.8) is 0 Å². The van der Waals surface area contributed by atoms with Gasteiger partial charge in [-0.3, -0.25) is 9.69 Å². The van der Waals surface area contributed by atoms with Crippen molar-refractivity contribution in [1.82, 2.24) is 4.98 Å². The molecule has 0 fully saturated rings. The largest absolute Gasteiger partial charge is 0.274 e. The van der Waals surface area contributed by atoms with Crippen LogP contribution in [0.2, 0.25) is 0 Å². The first-order chi connectivity index (χ1) is 12.6. The van der Waals surface area contributed by atoms with Crippen LogP contribution in [0, 0.1) is 6.92 Å². The lowest BCUT2D eigenvalue weighted by atomic mass is 10.1. The van der Waals surface area contributed by atoms with Crippen LogP contribution in [-0.2, 0) is 17.0 Å². The van der Waals surface area contributed by atoms with Crippen molar-refractivity contribution in [2.75, 3.05) is 4.90 Å². The van der Waals surface area contributed by atoms with Crippen LogP contribution in [0.3, 0.4) is 0 Å². The number of anilines is 2. The monoisotopic (exact) mass is 382 g/mol. The van der Waals surface area contributed by atoms with E-state index in [1.54, 1.807) is 23.6 Å². The second-order valence-electron chi connectivity index (χ2n) is 6.01. The van der Waals surface area contributed by atoms with E-state index in [1.165, 1.54) is 21.8 Å². The maximum atomic E-state index is 12.3. The first-order valence-electron chi connectivity index (χ1n) is 8.61. The number of para-hydroxylation sites is 1. The van der Waals surface area contributed by atoms with Gasteiger partial charge in [-0.15, -0.1) is 23.1 Å². The number of benzene rings is 2. The van der Waals surface area contributed by atoms with Crippen molar-refractivity contribution in [2.45, 2.75) is 37.8 Å². The van der Waals surface area contributed by atoms with Gasteiger partial charge < -0.3 is 0 Å². The van der Waals surface area contributed by atoms with Crippen LogP contribution in [-0.4, -0.2) is 10.9 Å². The molecule has 0 aliphatic rings. The lowest BCUT2D eigenvalue weighted by Crippen LogP contribution is -2.23. The van der Waals surface area contributed by atoms with Crippen LogP contribution in [0.25, 0.3) is 0 Å². The zero-order valence-corrected chi connectivity index (χ0v) is 16.9. The van der Waals surface area contributed by atoms with Crippen LogP contribution < -0.4 is 4.90 Å². The zero-order chi connectivity index (χ0) is 18.5. The van der Waals surface area contributed by atoms with Crippen LogP contribution in [0.1, 0.15) is 30.7 Å². The van der Waals surface area contributed by atoms with E-state index in [0.717, 1.165) is 34.2 Å². The number of aryl methyl sites for hydroxylation is 2. The predicted molar refractivity (Wildman–Crippen MR) is 111 cm³/mol. The summed E-state index contributed by atoms with van der Waals surface area (Å²) in [6, 6.07) is 16.4. The standard InChI is InChI=1S/C21H22N2OS2/c1-4-17-10-6-7-11-19(17)23(16(3)24)21-22-18(14-26-21)13-25-20-12-8-5-9-15(20)2/h5-12,14H,4,13H2,1-3H3. The van der Waals surface area contributed by atoms with E-state index >= 15 is 0 Å². The molecule has 0 unspecified atom stereocenters. The highest BCUT2D eigenvalue weighted by Crippen LogP contribution is 2.33. The number of thioether (sulfide) groups is 1. The third kappa shape index (κ3) is 4.17. The SMILES string of the molecule is CCc1ccccc1N(C(C)=O)c1nc(CSc2ccccc2C)cs1. The first-order valence-corrected chi connectivity index (χ1v) is 10.5. The van der Waals surface area contributed by atoms with Gasteiger partial charge in [-0.2, -0.15) is 0 Å². The Morgan fingerprint density at radius 3 is 2.62 bits per heavy atom. The number of hydrogen-bond donors (Lipinski definition) is 0. The number of carbonyl (C=O) groups excluding carboxylic acids is 1. The van der Waals surface area contributed by atoms with Gasteiger partial charge in [0.15, 0.2) is 5.13 Å². The summed E-state index contributed by atoms with van der Waals surface area (Å²) in [7, 11) is 0. The number of carbonyl (C=O) groups is 1. The molecule has 26 heavy (non-hydrogen) atoms. The molecule has 0 atom stereocenters. The summed E-state index contributed by atoms with van der Waals surface area (Å²) in [5.74, 6) is 0.779. The van der Waals surface area contributed by atoms with E-state index in [-0.39, 0.29) is 5.91 Å². The van der Waals surface area contributed by atoms with Gasteiger partial charge in [0, 0.05) is 23.0 Å². The van der Waals surface area contributed by atoms with Gasteiger partial charge in [0.1, 0.15) is 0 Å². The number of thiazole rings is 1. The fraction of sp³-hybridized carbons (Fsp3) is 0.238. The van der Waals surface area contributed by atoms with Gasteiger partial charge in [-0.25, -0.2) is 4.98 Å². The topological polar surface area (TPSA) is 33.2 Å². The van der Waals surface area contributed by atoms with Crippen molar-refractivity contribution in [3.8, 4) is 0 Å². The molecule has 3 nitrogen and oxygen atoms in total. The Morgan fingerprint density at radius 2 is 1.88 bits per heavy atom. The quantitative estimate of drug-likeness (QED) is 0.491. The van der Waals surface area contributed by atoms with E-state index in [4.69, 9.17) is 4.98 Å². The summed E-state index contributed by atoms with van der Waals surface area (Å²) >= 11 is 3.30. The maximum absolute atomic E-state index is 12.3. The Hall–Kier alpha value is -2.11. The zero-order valence-electron chi connectivity index (χ0n) is 15.2. The minimum atomic E-state index is -0.0154. The van der Waals surface area contributed by atoms with E-state index in [2.05, 4.69) is 44.2 Å². The minimum absolute atomic E-state index is 0.0154. The van der Waals surface area contributed by atoms with Gasteiger partial charge in [0.05, 0.1) is 11.4 Å². The Balaban J connectivity index is 1.82. The molecule has 0 bridgehead atoms. The van der Waals surface area contributed by atoms with Crippen LogP contribution >= 0.6 is 23.1 Å². The molecular formula is C21H22N2OS2. The molecule has 3 rings (SSSR count). The number of amides is 1. The molecule has 5 heteroatoms. The van der Waals surface area contributed by atoms with Gasteiger partial charge in [0.2, 0.25) is 5.91 Å². The lowest BCUT2D eigenvalue weighted by Gasteiger charge is -2.20. The second-order valence-corrected chi connectivity index (χ2v) is 7.87. The highest BCUT2D eigenvalue weighted by Gasteiger charge is 2.20. The van der Waals surface area contributed by atoms with Gasteiger partial charge in [-0.05, 0) is 36.6 Å². The third-order valence-corrected chi connectivity index (χ3v) is 6.21. The molecule has 0 radical (unpaired) electrons. The Labute approximate surface area is 163 Å². The summed E-state index contributed by atoms with van der Waals surface area (Å²) < 4.78 is 0. The van der Waals surface area contributed by atoms with Crippen molar-refractivity contribution in [1.29, 1.82) is 0 Å². The average Bonchev–Trinajstić information content (AvgIpc) is 3.10. The second kappa shape index (κ2) is 8.52. The summed E-state index contributed by atoms with van der Waals surface area (Å²) in [6.45, 7) is 5.81. The fourth-order valence-electron chi connectivity index (χ4n) is 2.77. The average molecular weight is 383 g/mol. The molecule has 0 aliphatic carbocycles. The number of hydrogen-bond acceptors (Lipinski definition) is 4. The minimum Gasteiger partial charge on any atom is -0.274 e. The molecule has 1 amide bonds. The van der Waals surface area contributed by atoms with Crippen molar-refractivity contribution < 1.29 is 4.79 Å². The molecular weight excluding hydrogens is 360 g/mol. The molecule has 0 aliphatic heterocycles. The van der Waals surface area contributed by atoms with Crippen molar-refractivity contribution >= 4 is 39.8 Å². The van der Waals surface area contributed by atoms with Crippen LogP contribution in [0.5, 0.6) is 0 Å². The van der Waals surface area contributed by atoms with Crippen LogP contribution in [0.4, 0.5) is 10.8 Å². The van der Waals surface area contributed by atoms with Gasteiger partial charge in [0.25, 0.3) is 0 Å². The molecule has 2 aromatic carbocycles. The summed E-state index contributed by atoms with van der Waals surface area (Å²) in [5.41, 5.74) is 4.34. The fourth-order valence-corrected chi connectivity index (χ4v) is 4.68. The highest BCUT2D eigenvalue weighted by molar-refractivity contribution is 7.98. The number of aromatic nitrogens is 1. The summed E-state index contributed by atoms with van der Waals surface area (Å²) in [6.07, 6.45) is 0.876. The third-order valence-electron chi connectivity index (χ3n) is 4.13. The molecule has 1 aromatic heterocycles. The molecule has 134 valence electrons. The number of nitrogens with zero attached hydrogens (tertiary/aromatic N) is 2. The first kappa shape index (κ1) is 18.7. The van der Waals surface area contributed by atoms with Crippen LogP contribution in [0.15, 0.2) is 58.8 Å². The molecule has 3 aromatic rings. The summed E-state index contributed by atoms with van der Waals surface area (Å²) in [5, 5.41) is 2.78.